The highest BCUT2D eigenvalue weighted by atomic mass is 16.6. The normalized spacial score (nSPS) is 9.79. The SMILES string of the molecule is CO[C]C(=O)c1cccc([N+](=O)[O-])c1. The number of carbonyl (C=O) groups is 1. The number of methoxy groups -OCH3 is 1. The van der Waals surface area contributed by atoms with Crippen LogP contribution in [0.2, 0.25) is 0 Å². The molecular weight excluding hydrogens is 186 g/mol. The lowest BCUT2D eigenvalue weighted by atomic mass is 10.1. The molecule has 0 aliphatic heterocycles. The van der Waals surface area contributed by atoms with Gasteiger partial charge >= 0.3 is 0 Å². The van der Waals surface area contributed by atoms with Crippen molar-refractivity contribution in [3.8, 4) is 0 Å². The van der Waals surface area contributed by atoms with Crippen LogP contribution in [0.4, 0.5) is 5.69 Å². The number of nitrogens with zero attached hydrogens (tertiary/aromatic N) is 1. The van der Waals surface area contributed by atoms with Crippen LogP contribution in [0.1, 0.15) is 10.4 Å². The van der Waals surface area contributed by atoms with Crippen LogP contribution in [0, 0.1) is 16.7 Å². The summed E-state index contributed by atoms with van der Waals surface area (Å²) in [5.41, 5.74) is 0.0507. The number of rotatable bonds is 4. The van der Waals surface area contributed by atoms with Gasteiger partial charge in [-0.15, -0.1) is 0 Å². The van der Waals surface area contributed by atoms with E-state index in [1.807, 2.05) is 0 Å². The number of non-ortho nitro benzene ring substituents is 1. The summed E-state index contributed by atoms with van der Waals surface area (Å²) in [7, 11) is 1.29. The molecule has 0 bridgehead atoms. The molecule has 72 valence electrons. The van der Waals surface area contributed by atoms with Crippen molar-refractivity contribution in [3.63, 3.8) is 0 Å². The topological polar surface area (TPSA) is 69.4 Å². The van der Waals surface area contributed by atoms with E-state index in [1.165, 1.54) is 31.4 Å². The Balaban J connectivity index is 2.93. The van der Waals surface area contributed by atoms with Crippen LogP contribution in [0.3, 0.4) is 0 Å². The second-order valence-corrected chi connectivity index (χ2v) is 2.44. The summed E-state index contributed by atoms with van der Waals surface area (Å²) < 4.78 is 4.39. The second kappa shape index (κ2) is 4.48. The van der Waals surface area contributed by atoms with Crippen LogP contribution in [-0.4, -0.2) is 17.8 Å². The molecule has 5 nitrogen and oxygen atoms in total. The molecule has 0 atom stereocenters. The average Bonchev–Trinajstić information content (AvgIpc) is 2.18. The number of carbonyl (C=O) groups excluding carboxylic acids is 1. The summed E-state index contributed by atoms with van der Waals surface area (Å²) in [6, 6.07) is 5.38. The Morgan fingerprint density at radius 1 is 1.57 bits per heavy atom. The summed E-state index contributed by atoms with van der Waals surface area (Å²) in [6.45, 7) is 2.07. The molecule has 1 aromatic carbocycles. The molecule has 1 rings (SSSR count). The molecule has 14 heavy (non-hydrogen) atoms. The van der Waals surface area contributed by atoms with Crippen molar-refractivity contribution in [1.29, 1.82) is 0 Å². The van der Waals surface area contributed by atoms with Crippen molar-refractivity contribution < 1.29 is 14.5 Å². The maximum absolute atomic E-state index is 11.2. The minimum absolute atomic E-state index is 0.131. The first-order valence-electron chi connectivity index (χ1n) is 3.73. The molecule has 1 aromatic rings. The Morgan fingerprint density at radius 3 is 2.86 bits per heavy atom. The van der Waals surface area contributed by atoms with Crippen LogP contribution in [0.25, 0.3) is 0 Å². The molecule has 2 radical (unpaired) electrons. The highest BCUT2D eigenvalue weighted by molar-refractivity contribution is 6.01. The third-order valence-electron chi connectivity index (χ3n) is 1.51. The lowest BCUT2D eigenvalue weighted by Crippen LogP contribution is -2.01. The van der Waals surface area contributed by atoms with Gasteiger partial charge in [-0.25, -0.2) is 0 Å². The van der Waals surface area contributed by atoms with Gasteiger partial charge in [-0.2, -0.15) is 0 Å². The van der Waals surface area contributed by atoms with E-state index in [0.29, 0.717) is 0 Å². The van der Waals surface area contributed by atoms with Crippen molar-refractivity contribution in [2.75, 3.05) is 7.11 Å². The van der Waals surface area contributed by atoms with Gasteiger partial charge in [-0.3, -0.25) is 14.9 Å². The van der Waals surface area contributed by atoms with Crippen LogP contribution in [0.15, 0.2) is 24.3 Å². The Hall–Kier alpha value is -1.75. The predicted molar refractivity (Wildman–Crippen MR) is 47.7 cm³/mol. The molecule has 0 fully saturated rings. The molecule has 0 saturated heterocycles. The Morgan fingerprint density at radius 2 is 2.29 bits per heavy atom. The molecule has 0 aliphatic carbocycles. The van der Waals surface area contributed by atoms with Crippen molar-refractivity contribution in [3.05, 3.63) is 46.6 Å². The van der Waals surface area contributed by atoms with Gasteiger partial charge in [-0.1, -0.05) is 12.1 Å². The maximum Gasteiger partial charge on any atom is 0.270 e. The first-order valence-corrected chi connectivity index (χ1v) is 3.73. The van der Waals surface area contributed by atoms with E-state index in [1.54, 1.807) is 0 Å². The molecule has 0 spiro atoms. The van der Waals surface area contributed by atoms with E-state index in [-0.39, 0.29) is 11.3 Å². The van der Waals surface area contributed by atoms with Crippen LogP contribution >= 0.6 is 0 Å². The number of nitro benzene ring substituents is 1. The molecule has 0 aromatic heterocycles. The van der Waals surface area contributed by atoms with Crippen molar-refractivity contribution >= 4 is 11.5 Å². The fraction of sp³-hybridized carbons (Fsp3) is 0.111. The molecular formula is C9H7NO4. The third kappa shape index (κ3) is 2.37. The zero-order valence-corrected chi connectivity index (χ0v) is 7.39. The molecule has 5 heteroatoms. The van der Waals surface area contributed by atoms with Gasteiger partial charge in [-0.05, 0) is 0 Å². The van der Waals surface area contributed by atoms with Crippen LogP contribution in [0.5, 0.6) is 0 Å². The number of ketones is 1. The highest BCUT2D eigenvalue weighted by Crippen LogP contribution is 2.14. The summed E-state index contributed by atoms with van der Waals surface area (Å²) in [4.78, 5) is 21.0. The van der Waals surface area contributed by atoms with E-state index >= 15 is 0 Å². The fourth-order valence-corrected chi connectivity index (χ4v) is 0.912. The van der Waals surface area contributed by atoms with Crippen LogP contribution < -0.4 is 0 Å². The van der Waals surface area contributed by atoms with Gasteiger partial charge in [0.1, 0.15) is 0 Å². The highest BCUT2D eigenvalue weighted by Gasteiger charge is 2.11. The average molecular weight is 193 g/mol. The summed E-state index contributed by atoms with van der Waals surface area (Å²) >= 11 is 0. The predicted octanol–water partition coefficient (Wildman–Crippen LogP) is 1.46. The first-order chi connectivity index (χ1) is 6.65. The van der Waals surface area contributed by atoms with Gasteiger partial charge in [0, 0.05) is 24.8 Å². The van der Waals surface area contributed by atoms with Crippen LogP contribution in [-0.2, 0) is 4.74 Å². The molecule has 0 aliphatic rings. The van der Waals surface area contributed by atoms with E-state index in [0.717, 1.165) is 0 Å². The summed E-state index contributed by atoms with van der Waals surface area (Å²) in [6.07, 6.45) is 0. The molecule has 0 unspecified atom stereocenters. The fourth-order valence-electron chi connectivity index (χ4n) is 0.912. The lowest BCUT2D eigenvalue weighted by Gasteiger charge is -1.97. The monoisotopic (exact) mass is 193 g/mol. The second-order valence-electron chi connectivity index (χ2n) is 2.44. The van der Waals surface area contributed by atoms with Gasteiger partial charge in [0.05, 0.1) is 4.92 Å². The minimum atomic E-state index is -0.566. The standard InChI is InChI=1S/C9H7NO4/c1-14-6-9(11)7-3-2-4-8(5-7)10(12)13/h2-5H,1H3. The Kier molecular flexibility index (Phi) is 3.30. The zero-order chi connectivity index (χ0) is 10.6. The summed E-state index contributed by atoms with van der Waals surface area (Å²) in [5.74, 6) is -0.517. The number of benzene rings is 1. The van der Waals surface area contributed by atoms with Gasteiger partial charge in [0.15, 0.2) is 0 Å². The Bertz CT molecular complexity index is 362. The molecule has 0 N–H and O–H groups in total. The van der Waals surface area contributed by atoms with Crippen molar-refractivity contribution in [1.82, 2.24) is 0 Å². The number of nitro groups is 1. The van der Waals surface area contributed by atoms with E-state index < -0.39 is 10.7 Å². The number of Topliss-reactive ketones (excluding diaryl/α,β-unsaturated/α-hetero) is 1. The minimum Gasteiger partial charge on any atom is -0.363 e. The quantitative estimate of drug-likeness (QED) is 0.412. The van der Waals surface area contributed by atoms with Gasteiger partial charge in [0.2, 0.25) is 12.4 Å². The zero-order valence-electron chi connectivity index (χ0n) is 7.39. The van der Waals surface area contributed by atoms with E-state index in [2.05, 4.69) is 11.3 Å². The smallest absolute Gasteiger partial charge is 0.270 e. The third-order valence-corrected chi connectivity index (χ3v) is 1.51. The number of hydrogen-bond donors (Lipinski definition) is 0. The molecule has 0 heterocycles. The van der Waals surface area contributed by atoms with Crippen molar-refractivity contribution in [2.45, 2.75) is 0 Å². The first kappa shape index (κ1) is 10.3. The summed E-state index contributed by atoms with van der Waals surface area (Å²) in [5, 5.41) is 10.4. The van der Waals surface area contributed by atoms with E-state index in [4.69, 9.17) is 0 Å². The molecule has 0 amide bonds. The lowest BCUT2D eigenvalue weighted by molar-refractivity contribution is -0.384. The number of hydrogen-bond acceptors (Lipinski definition) is 4. The van der Waals surface area contributed by atoms with Crippen molar-refractivity contribution in [2.24, 2.45) is 0 Å². The molecule has 0 saturated carbocycles. The maximum atomic E-state index is 11.2. The van der Waals surface area contributed by atoms with Gasteiger partial charge in [0.25, 0.3) is 5.69 Å². The number of ether oxygens (including phenoxy) is 1. The van der Waals surface area contributed by atoms with E-state index in [9.17, 15) is 14.9 Å². The van der Waals surface area contributed by atoms with Gasteiger partial charge < -0.3 is 4.74 Å². The Labute approximate surface area is 80.5 Å². The largest absolute Gasteiger partial charge is 0.363 e.